The first-order valence-corrected chi connectivity index (χ1v) is 2.11. The largest absolute Gasteiger partial charge is 0.481 e. The van der Waals surface area contributed by atoms with E-state index in [0.717, 1.165) is 0 Å². The molecule has 0 amide bonds. The fraction of sp³-hybridized carbons (Fsp3) is 0.500. The lowest BCUT2D eigenvalue weighted by atomic mass is 10.2. The molecular weight excluding hydrogens is 128 g/mol. The summed E-state index contributed by atoms with van der Waals surface area (Å²) in [5.74, 6) is -4.15. The van der Waals surface area contributed by atoms with E-state index in [-0.39, 0.29) is 6.29 Å². The average molecular weight is 134 g/mol. The molecule has 0 aromatic rings. The molecule has 0 rings (SSSR count). The third kappa shape index (κ3) is 3.63. The first kappa shape index (κ1) is 8.06. The molecule has 5 heteroatoms. The zero-order valence-electron chi connectivity index (χ0n) is 4.44. The molecule has 0 atom stereocenters. The van der Waals surface area contributed by atoms with Crippen LogP contribution in [-0.2, 0) is 9.59 Å². The van der Waals surface area contributed by atoms with Gasteiger partial charge in [-0.05, 0) is 0 Å². The van der Waals surface area contributed by atoms with Gasteiger partial charge in [0.2, 0.25) is 5.79 Å². The van der Waals surface area contributed by atoms with Crippen molar-refractivity contribution >= 4 is 12.3 Å². The van der Waals surface area contributed by atoms with E-state index >= 15 is 0 Å². The molecular formula is C4H6O5. The zero-order valence-corrected chi connectivity index (χ0v) is 4.44. The lowest BCUT2D eigenvalue weighted by molar-refractivity contribution is -0.180. The van der Waals surface area contributed by atoms with Gasteiger partial charge in [0.15, 0.2) is 6.29 Å². The lowest BCUT2D eigenvalue weighted by Crippen LogP contribution is -2.32. The van der Waals surface area contributed by atoms with Crippen molar-refractivity contribution in [1.82, 2.24) is 0 Å². The molecule has 0 saturated carbocycles. The molecule has 0 aliphatic carbocycles. The van der Waals surface area contributed by atoms with Gasteiger partial charge >= 0.3 is 5.97 Å². The molecule has 0 heterocycles. The number of carboxylic acids is 1. The van der Waals surface area contributed by atoms with Crippen molar-refractivity contribution in [3.05, 3.63) is 0 Å². The van der Waals surface area contributed by atoms with Gasteiger partial charge in [0, 0.05) is 0 Å². The van der Waals surface area contributed by atoms with Crippen molar-refractivity contribution < 1.29 is 24.9 Å². The fourth-order valence-electron chi connectivity index (χ4n) is 0.264. The van der Waals surface area contributed by atoms with Gasteiger partial charge in [-0.3, -0.25) is 9.59 Å². The average Bonchev–Trinajstić information content (AvgIpc) is 1.63. The number of carboxylic acid groups (broad SMARTS) is 1. The Kier molecular flexibility index (Phi) is 2.29. The summed E-state index contributed by atoms with van der Waals surface area (Å²) in [5, 5.41) is 24.5. The molecule has 0 aliphatic heterocycles. The van der Waals surface area contributed by atoms with E-state index in [9.17, 15) is 9.59 Å². The predicted molar refractivity (Wildman–Crippen MR) is 25.5 cm³/mol. The third-order valence-corrected chi connectivity index (χ3v) is 0.600. The van der Waals surface area contributed by atoms with Crippen LogP contribution in [0.5, 0.6) is 0 Å². The minimum absolute atomic E-state index is 0.235. The van der Waals surface area contributed by atoms with Crippen LogP contribution in [0.1, 0.15) is 6.42 Å². The SMILES string of the molecule is O=CC(O)(O)CC(=O)O. The Labute approximate surface area is 50.5 Å². The van der Waals surface area contributed by atoms with Gasteiger partial charge in [0.1, 0.15) is 6.42 Å². The van der Waals surface area contributed by atoms with Crippen LogP contribution >= 0.6 is 0 Å². The van der Waals surface area contributed by atoms with Gasteiger partial charge in [-0.25, -0.2) is 0 Å². The highest BCUT2D eigenvalue weighted by Gasteiger charge is 2.25. The Morgan fingerprint density at radius 1 is 1.56 bits per heavy atom. The first-order valence-electron chi connectivity index (χ1n) is 2.11. The molecule has 0 unspecified atom stereocenters. The molecule has 52 valence electrons. The van der Waals surface area contributed by atoms with Crippen LogP contribution in [0.2, 0.25) is 0 Å². The minimum atomic E-state index is -2.72. The predicted octanol–water partition coefficient (Wildman–Crippen LogP) is -1.66. The highest BCUT2D eigenvalue weighted by molar-refractivity contribution is 5.74. The molecule has 0 radical (unpaired) electrons. The molecule has 0 spiro atoms. The van der Waals surface area contributed by atoms with Crippen molar-refractivity contribution in [3.8, 4) is 0 Å². The second kappa shape index (κ2) is 2.56. The number of carbonyl (C=O) groups excluding carboxylic acids is 1. The van der Waals surface area contributed by atoms with Crippen LogP contribution in [0.15, 0.2) is 0 Å². The van der Waals surface area contributed by atoms with Crippen LogP contribution in [-0.4, -0.2) is 33.4 Å². The van der Waals surface area contributed by atoms with Gasteiger partial charge in [-0.15, -0.1) is 0 Å². The maximum atomic E-state index is 9.69. The van der Waals surface area contributed by atoms with E-state index in [2.05, 4.69) is 0 Å². The van der Waals surface area contributed by atoms with Crippen LogP contribution in [0.4, 0.5) is 0 Å². The standard InChI is InChI=1S/C4H6O5/c5-2-4(8,9)1-3(6)7/h2,8-9H,1H2,(H,6,7). The molecule has 0 saturated heterocycles. The summed E-state index contributed by atoms with van der Waals surface area (Å²) < 4.78 is 0. The summed E-state index contributed by atoms with van der Waals surface area (Å²) in [6, 6.07) is 0. The van der Waals surface area contributed by atoms with Gasteiger partial charge in [0.25, 0.3) is 0 Å². The fourth-order valence-corrected chi connectivity index (χ4v) is 0.264. The molecule has 0 aromatic carbocycles. The smallest absolute Gasteiger partial charge is 0.309 e. The summed E-state index contributed by atoms with van der Waals surface area (Å²) in [7, 11) is 0. The number of carbonyl (C=O) groups is 2. The Balaban J connectivity index is 3.86. The van der Waals surface area contributed by atoms with Crippen LogP contribution < -0.4 is 0 Å². The zero-order chi connectivity index (χ0) is 7.49. The topological polar surface area (TPSA) is 94.8 Å². The molecule has 3 N–H and O–H groups in total. The molecule has 0 aliphatic rings. The summed E-state index contributed by atoms with van der Waals surface area (Å²) in [6.07, 6.45) is -1.22. The monoisotopic (exact) mass is 134 g/mol. The van der Waals surface area contributed by atoms with E-state index in [4.69, 9.17) is 15.3 Å². The molecule has 5 nitrogen and oxygen atoms in total. The second-order valence-electron chi connectivity index (χ2n) is 1.57. The minimum Gasteiger partial charge on any atom is -0.481 e. The highest BCUT2D eigenvalue weighted by atomic mass is 16.5. The molecule has 9 heavy (non-hydrogen) atoms. The van der Waals surface area contributed by atoms with Crippen molar-refractivity contribution in [2.75, 3.05) is 0 Å². The number of aliphatic hydroxyl groups is 2. The Hall–Kier alpha value is -0.940. The Bertz CT molecular complexity index is 127. The van der Waals surface area contributed by atoms with E-state index in [0.29, 0.717) is 0 Å². The number of rotatable bonds is 3. The van der Waals surface area contributed by atoms with Crippen molar-refractivity contribution in [1.29, 1.82) is 0 Å². The van der Waals surface area contributed by atoms with Gasteiger partial charge in [-0.2, -0.15) is 0 Å². The van der Waals surface area contributed by atoms with Crippen molar-refractivity contribution in [2.24, 2.45) is 0 Å². The van der Waals surface area contributed by atoms with Gasteiger partial charge < -0.3 is 15.3 Å². The number of aliphatic carboxylic acids is 1. The first-order chi connectivity index (χ1) is 3.98. The lowest BCUT2D eigenvalue weighted by Gasteiger charge is -2.08. The van der Waals surface area contributed by atoms with E-state index < -0.39 is 18.2 Å². The summed E-state index contributed by atoms with van der Waals surface area (Å²) in [4.78, 5) is 19.3. The van der Waals surface area contributed by atoms with E-state index in [1.165, 1.54) is 0 Å². The molecule has 0 fully saturated rings. The quantitative estimate of drug-likeness (QED) is 0.317. The molecule has 0 aromatic heterocycles. The number of aldehydes is 1. The van der Waals surface area contributed by atoms with E-state index in [1.54, 1.807) is 0 Å². The summed E-state index contributed by atoms with van der Waals surface area (Å²) >= 11 is 0. The van der Waals surface area contributed by atoms with Gasteiger partial charge in [-0.1, -0.05) is 0 Å². The van der Waals surface area contributed by atoms with Gasteiger partial charge in [0.05, 0.1) is 0 Å². The summed E-state index contributed by atoms with van der Waals surface area (Å²) in [5.41, 5.74) is 0. The Morgan fingerprint density at radius 3 is 2.11 bits per heavy atom. The second-order valence-corrected chi connectivity index (χ2v) is 1.57. The van der Waals surface area contributed by atoms with Crippen LogP contribution in [0.25, 0.3) is 0 Å². The van der Waals surface area contributed by atoms with Crippen LogP contribution in [0.3, 0.4) is 0 Å². The number of hydrogen-bond donors (Lipinski definition) is 3. The van der Waals surface area contributed by atoms with Crippen molar-refractivity contribution in [3.63, 3.8) is 0 Å². The van der Waals surface area contributed by atoms with E-state index in [1.807, 2.05) is 0 Å². The Morgan fingerprint density at radius 2 is 2.00 bits per heavy atom. The summed E-state index contributed by atoms with van der Waals surface area (Å²) in [6.45, 7) is 0. The maximum absolute atomic E-state index is 9.69. The highest BCUT2D eigenvalue weighted by Crippen LogP contribution is 1.99. The molecule has 0 bridgehead atoms. The van der Waals surface area contributed by atoms with Crippen LogP contribution in [0, 0.1) is 0 Å². The van der Waals surface area contributed by atoms with Crippen molar-refractivity contribution in [2.45, 2.75) is 12.2 Å². The maximum Gasteiger partial charge on any atom is 0.309 e. The number of hydrogen-bond acceptors (Lipinski definition) is 4. The normalized spacial score (nSPS) is 10.9. The third-order valence-electron chi connectivity index (χ3n) is 0.600.